The molecule has 0 aromatic carbocycles. The van der Waals surface area contributed by atoms with Crippen LogP contribution >= 0.6 is 0 Å². The summed E-state index contributed by atoms with van der Waals surface area (Å²) in [6.07, 6.45) is 0. The van der Waals surface area contributed by atoms with Crippen LogP contribution in [0.2, 0.25) is 0 Å². The topological polar surface area (TPSA) is 115 Å². The molecule has 0 aromatic heterocycles. The first-order chi connectivity index (χ1) is 3.00. The molecule has 0 aliphatic heterocycles. The molecule has 0 heterocycles. The predicted octanol–water partition coefficient (Wildman–Crippen LogP) is -2.09. The van der Waals surface area contributed by atoms with E-state index in [9.17, 15) is 0 Å². The van der Waals surface area contributed by atoms with Crippen LogP contribution in [0.3, 0.4) is 0 Å². The molecule has 0 saturated carbocycles. The molecule has 0 radical (unpaired) electrons. The molecule has 0 saturated heterocycles. The van der Waals surface area contributed by atoms with Crippen LogP contribution in [0.1, 0.15) is 0 Å². The molecule has 0 atom stereocenters. The summed E-state index contributed by atoms with van der Waals surface area (Å²) < 4.78 is 31.6. The second kappa shape index (κ2) is 7.33. The van der Waals surface area contributed by atoms with Crippen molar-refractivity contribution in [3.8, 4) is 0 Å². The van der Waals surface area contributed by atoms with Crippen LogP contribution in [-0.2, 0) is 10.4 Å². The van der Waals surface area contributed by atoms with Gasteiger partial charge in [0.1, 0.15) is 0 Å². The summed E-state index contributed by atoms with van der Waals surface area (Å²) in [4.78, 5) is 0. The molecule has 0 rings (SSSR count). The fraction of sp³-hybridized carbons (Fsp3) is 0. The minimum atomic E-state index is -4.67. The normalized spacial score (nSPS) is 8.00. The summed E-state index contributed by atoms with van der Waals surface area (Å²) in [5, 5.41) is 12.0. The third kappa shape index (κ3) is 1630. The average molecular weight is 209 g/mol. The molecule has 0 aliphatic carbocycles. The van der Waals surface area contributed by atoms with E-state index < -0.39 is 10.4 Å². The summed E-state index contributed by atoms with van der Waals surface area (Å²) in [5.74, 6) is 0. The van der Waals surface area contributed by atoms with Crippen molar-refractivity contribution >= 4 is 28.0 Å². The maximum absolute atomic E-state index is 8.74. The first kappa shape index (κ1) is 15.8. The molecule has 0 amide bonds. The predicted molar refractivity (Wildman–Crippen MR) is 30.8 cm³/mol. The van der Waals surface area contributed by atoms with Gasteiger partial charge in [-0.3, -0.25) is 19.6 Å². The van der Waals surface area contributed by atoms with E-state index in [2.05, 4.69) is 0 Å². The molecule has 0 unspecified atom stereocenters. The van der Waals surface area contributed by atoms with E-state index in [4.69, 9.17) is 28.0 Å². The Kier molecular flexibility index (Phi) is 14.4. The zero-order chi connectivity index (χ0) is 6.50. The van der Waals surface area contributed by atoms with Crippen LogP contribution in [0.5, 0.6) is 0 Å². The van der Waals surface area contributed by atoms with Gasteiger partial charge < -0.3 is 0 Å². The van der Waals surface area contributed by atoms with Crippen molar-refractivity contribution in [2.45, 2.75) is 0 Å². The Bertz CT molecular complexity index is 91.7. The summed E-state index contributed by atoms with van der Waals surface area (Å²) in [6.45, 7) is 0. The summed E-state index contributed by atoms with van der Waals surface area (Å²) in [5.41, 5.74) is 0. The molecule has 0 aromatic rings. The molecule has 8 heavy (non-hydrogen) atoms. The monoisotopic (exact) mass is 210 g/mol. The molecular weight excluding hydrogens is 201 g/mol. The van der Waals surface area contributed by atoms with Gasteiger partial charge in [-0.05, 0) is 0 Å². The zero-order valence-electron chi connectivity index (χ0n) is 3.01. The molecule has 4 N–H and O–H groups in total. The van der Waals surface area contributed by atoms with Crippen molar-refractivity contribution in [1.82, 2.24) is 0 Å². The second-order valence-electron chi connectivity index (χ2n) is 0.448. The Balaban J connectivity index is -0.0000000750. The van der Waals surface area contributed by atoms with E-state index in [0.717, 1.165) is 0 Å². The van der Waals surface area contributed by atoms with Gasteiger partial charge >= 0.3 is 28.0 Å². The van der Waals surface area contributed by atoms with Crippen LogP contribution in [0.4, 0.5) is 0 Å². The number of hydrogen-bond donors (Lipinski definition) is 4. The van der Waals surface area contributed by atoms with E-state index in [1.165, 1.54) is 0 Å². The Morgan fingerprint density at radius 3 is 1.00 bits per heavy atom. The maximum atomic E-state index is 8.74. The standard InChI is InChI=1S/GeH4.H2O4S.H2O2/c;1-5(2,3)4;1-2/h1H4;(H2,1,2,3,4);1-2H. The van der Waals surface area contributed by atoms with Crippen LogP contribution in [0, 0.1) is 0 Å². The Hall–Kier alpha value is 0.333. The van der Waals surface area contributed by atoms with Crippen molar-refractivity contribution < 1.29 is 28.0 Å². The van der Waals surface area contributed by atoms with Crippen LogP contribution < -0.4 is 0 Å². The van der Waals surface area contributed by atoms with E-state index in [0.29, 0.717) is 0 Å². The second-order valence-corrected chi connectivity index (χ2v) is 1.34. The van der Waals surface area contributed by atoms with E-state index >= 15 is 0 Å². The van der Waals surface area contributed by atoms with Gasteiger partial charge in [-0.25, -0.2) is 0 Å². The molecule has 8 heteroatoms. The van der Waals surface area contributed by atoms with Crippen molar-refractivity contribution in [3.63, 3.8) is 0 Å². The van der Waals surface area contributed by atoms with Gasteiger partial charge in [0.25, 0.3) is 0 Å². The number of hydrogen-bond acceptors (Lipinski definition) is 4. The third-order valence-electron chi connectivity index (χ3n) is 0. The van der Waals surface area contributed by atoms with Crippen molar-refractivity contribution in [1.29, 1.82) is 0 Å². The molecule has 0 aliphatic rings. The van der Waals surface area contributed by atoms with Gasteiger partial charge in [-0.2, -0.15) is 8.42 Å². The van der Waals surface area contributed by atoms with Crippen molar-refractivity contribution in [3.05, 3.63) is 0 Å². The van der Waals surface area contributed by atoms with Gasteiger partial charge in [0.05, 0.1) is 0 Å². The van der Waals surface area contributed by atoms with E-state index in [-0.39, 0.29) is 17.6 Å². The molecule has 0 fully saturated rings. The van der Waals surface area contributed by atoms with Gasteiger partial charge in [0, 0.05) is 0 Å². The summed E-state index contributed by atoms with van der Waals surface area (Å²) in [7, 11) is -4.67. The minimum absolute atomic E-state index is 0. The van der Waals surface area contributed by atoms with Gasteiger partial charge in [-0.1, -0.05) is 0 Å². The van der Waals surface area contributed by atoms with E-state index in [1.54, 1.807) is 0 Å². The zero-order valence-corrected chi connectivity index (χ0v) is 3.83. The Morgan fingerprint density at radius 2 is 1.00 bits per heavy atom. The molecular formula is H8GeO6S. The summed E-state index contributed by atoms with van der Waals surface area (Å²) >= 11 is 0. The van der Waals surface area contributed by atoms with Gasteiger partial charge in [0.2, 0.25) is 0 Å². The quantitative estimate of drug-likeness (QED) is 0.157. The average Bonchev–Trinajstić information content (AvgIpc) is 1.36. The van der Waals surface area contributed by atoms with E-state index in [1.807, 2.05) is 0 Å². The molecule has 0 spiro atoms. The van der Waals surface area contributed by atoms with Crippen molar-refractivity contribution in [2.24, 2.45) is 0 Å². The first-order valence-corrected chi connectivity index (χ1v) is 2.30. The third-order valence-corrected chi connectivity index (χ3v) is 0. The first-order valence-electron chi connectivity index (χ1n) is 0.898. The SMILES string of the molecule is O=S(=O)(O)O.OO.[GeH4]. The Labute approximate surface area is 56.6 Å². The fourth-order valence-corrected chi connectivity index (χ4v) is 0. The summed E-state index contributed by atoms with van der Waals surface area (Å²) in [6, 6.07) is 0. The van der Waals surface area contributed by atoms with Gasteiger partial charge in [-0.15, -0.1) is 0 Å². The molecule has 0 bridgehead atoms. The van der Waals surface area contributed by atoms with Crippen LogP contribution in [-0.4, -0.2) is 45.6 Å². The Morgan fingerprint density at radius 1 is 1.00 bits per heavy atom. The van der Waals surface area contributed by atoms with Crippen molar-refractivity contribution in [2.75, 3.05) is 0 Å². The number of rotatable bonds is 0. The molecule has 6 nitrogen and oxygen atoms in total. The van der Waals surface area contributed by atoms with Crippen LogP contribution in [0.25, 0.3) is 0 Å². The van der Waals surface area contributed by atoms with Crippen LogP contribution in [0.15, 0.2) is 0 Å². The fourth-order valence-electron chi connectivity index (χ4n) is 0. The molecule has 54 valence electrons. The van der Waals surface area contributed by atoms with Gasteiger partial charge in [0.15, 0.2) is 0 Å².